The van der Waals surface area contributed by atoms with Gasteiger partial charge < -0.3 is 18.9 Å². The van der Waals surface area contributed by atoms with E-state index < -0.39 is 18.0 Å². The molecular formula is C17H24O6. The van der Waals surface area contributed by atoms with E-state index in [1.54, 1.807) is 38.1 Å². The summed E-state index contributed by atoms with van der Waals surface area (Å²) in [7, 11) is 0. The number of carbonyl (C=O) groups is 2. The van der Waals surface area contributed by atoms with Gasteiger partial charge in [-0.05, 0) is 32.4 Å². The van der Waals surface area contributed by atoms with Gasteiger partial charge in [0.15, 0.2) is 24.2 Å². The van der Waals surface area contributed by atoms with Gasteiger partial charge in [-0.3, -0.25) is 0 Å². The fourth-order valence-corrected chi connectivity index (χ4v) is 1.88. The maximum Gasteiger partial charge on any atom is 0.347 e. The normalized spacial score (nSPS) is 11.4. The molecule has 0 N–H and O–H groups in total. The van der Waals surface area contributed by atoms with Gasteiger partial charge in [0.1, 0.15) is 0 Å². The Morgan fingerprint density at radius 3 is 2.26 bits per heavy atom. The Hall–Kier alpha value is -2.24. The molecule has 0 bridgehead atoms. The van der Waals surface area contributed by atoms with Gasteiger partial charge in [-0.2, -0.15) is 0 Å². The van der Waals surface area contributed by atoms with E-state index in [4.69, 9.17) is 18.9 Å². The first-order chi connectivity index (χ1) is 11.1. The second kappa shape index (κ2) is 10.5. The Morgan fingerprint density at radius 2 is 1.65 bits per heavy atom. The summed E-state index contributed by atoms with van der Waals surface area (Å²) in [5.74, 6) is -0.0957. The molecule has 0 unspecified atom stereocenters. The number of carbonyl (C=O) groups excluding carboxylic acids is 2. The Kier molecular flexibility index (Phi) is 8.57. The minimum atomic E-state index is -0.702. The molecule has 1 aromatic carbocycles. The number of hydrogen-bond acceptors (Lipinski definition) is 6. The lowest BCUT2D eigenvalue weighted by Gasteiger charge is -2.19. The van der Waals surface area contributed by atoms with Crippen LogP contribution in [0.2, 0.25) is 0 Å². The van der Waals surface area contributed by atoms with Gasteiger partial charge >= 0.3 is 11.9 Å². The third-order valence-electron chi connectivity index (χ3n) is 2.87. The molecule has 0 fully saturated rings. The quantitative estimate of drug-likeness (QED) is 0.616. The van der Waals surface area contributed by atoms with Crippen LogP contribution in [0.5, 0.6) is 11.5 Å². The number of rotatable bonds is 10. The third kappa shape index (κ3) is 6.59. The first-order valence-corrected chi connectivity index (χ1v) is 7.83. The summed E-state index contributed by atoms with van der Waals surface area (Å²) in [6.45, 7) is 5.80. The van der Waals surface area contributed by atoms with E-state index in [0.717, 1.165) is 6.42 Å². The predicted octanol–water partition coefficient (Wildman–Crippen LogP) is 2.74. The highest BCUT2D eigenvalue weighted by molar-refractivity contribution is 5.75. The topological polar surface area (TPSA) is 71.1 Å². The molecule has 0 aromatic heterocycles. The molecule has 0 aliphatic heterocycles. The minimum absolute atomic E-state index is 0.216. The van der Waals surface area contributed by atoms with Gasteiger partial charge in [0, 0.05) is 0 Å². The highest BCUT2D eigenvalue weighted by atomic mass is 16.6. The average molecular weight is 324 g/mol. The molecule has 0 saturated heterocycles. The van der Waals surface area contributed by atoms with Crippen LogP contribution in [0.4, 0.5) is 0 Å². The van der Waals surface area contributed by atoms with Crippen LogP contribution in [-0.4, -0.2) is 37.9 Å². The predicted molar refractivity (Wildman–Crippen MR) is 84.5 cm³/mol. The van der Waals surface area contributed by atoms with Gasteiger partial charge in [0.25, 0.3) is 0 Å². The maximum absolute atomic E-state index is 11.9. The summed E-state index contributed by atoms with van der Waals surface area (Å²) in [6, 6.07) is 6.87. The fraction of sp³-hybridized carbons (Fsp3) is 0.529. The van der Waals surface area contributed by atoms with Crippen LogP contribution in [0.1, 0.15) is 33.6 Å². The second-order valence-corrected chi connectivity index (χ2v) is 4.69. The van der Waals surface area contributed by atoms with Crippen molar-refractivity contribution < 1.29 is 28.5 Å². The van der Waals surface area contributed by atoms with E-state index in [2.05, 4.69) is 0 Å². The molecule has 1 aromatic rings. The van der Waals surface area contributed by atoms with E-state index in [9.17, 15) is 9.59 Å². The number of ether oxygens (including phenoxy) is 4. The molecule has 0 amide bonds. The molecule has 0 radical (unpaired) electrons. The minimum Gasteiger partial charge on any atom is -0.478 e. The SMILES string of the molecule is CCC[C@H](Oc1ccccc1OCC(=O)OCC)C(=O)OCC. The molecular weight excluding hydrogens is 300 g/mol. The summed E-state index contributed by atoms with van der Waals surface area (Å²) in [6.07, 6.45) is 0.604. The van der Waals surface area contributed by atoms with Crippen LogP contribution in [0.3, 0.4) is 0 Å². The molecule has 6 nitrogen and oxygen atoms in total. The Balaban J connectivity index is 2.77. The zero-order chi connectivity index (χ0) is 17.1. The molecule has 0 spiro atoms. The van der Waals surface area contributed by atoms with Gasteiger partial charge in [0.2, 0.25) is 0 Å². The van der Waals surface area contributed by atoms with Crippen molar-refractivity contribution in [2.45, 2.75) is 39.7 Å². The van der Waals surface area contributed by atoms with Crippen LogP contribution in [0, 0.1) is 0 Å². The largest absolute Gasteiger partial charge is 0.478 e. The van der Waals surface area contributed by atoms with E-state index in [0.29, 0.717) is 31.1 Å². The first kappa shape index (κ1) is 18.8. The van der Waals surface area contributed by atoms with Gasteiger partial charge in [-0.1, -0.05) is 25.5 Å². The zero-order valence-electron chi connectivity index (χ0n) is 13.9. The standard InChI is InChI=1S/C17H24O6/c1-4-9-15(17(19)21-6-3)23-14-11-8-7-10-13(14)22-12-16(18)20-5-2/h7-8,10-11,15H,4-6,9,12H2,1-3H3/t15-/m0/s1. The molecule has 1 rings (SSSR count). The highest BCUT2D eigenvalue weighted by Gasteiger charge is 2.22. The molecule has 6 heteroatoms. The smallest absolute Gasteiger partial charge is 0.347 e. The van der Waals surface area contributed by atoms with Crippen LogP contribution in [0.25, 0.3) is 0 Å². The summed E-state index contributed by atoms with van der Waals surface area (Å²) in [5.41, 5.74) is 0. The lowest BCUT2D eigenvalue weighted by Crippen LogP contribution is -2.29. The van der Waals surface area contributed by atoms with Crippen LogP contribution < -0.4 is 9.47 Å². The summed E-state index contributed by atoms with van der Waals surface area (Å²) in [5, 5.41) is 0. The third-order valence-corrected chi connectivity index (χ3v) is 2.87. The van der Waals surface area contributed by atoms with Crippen molar-refractivity contribution >= 4 is 11.9 Å². The summed E-state index contributed by atoms with van der Waals surface area (Å²) in [4.78, 5) is 23.3. The molecule has 0 heterocycles. The van der Waals surface area contributed by atoms with Crippen molar-refractivity contribution in [3.63, 3.8) is 0 Å². The lowest BCUT2D eigenvalue weighted by molar-refractivity contribution is -0.152. The van der Waals surface area contributed by atoms with Gasteiger partial charge in [-0.25, -0.2) is 9.59 Å². The first-order valence-electron chi connectivity index (χ1n) is 7.83. The maximum atomic E-state index is 11.9. The highest BCUT2D eigenvalue weighted by Crippen LogP contribution is 2.28. The number of hydrogen-bond donors (Lipinski definition) is 0. The van der Waals surface area contributed by atoms with Crippen molar-refractivity contribution in [2.24, 2.45) is 0 Å². The van der Waals surface area contributed by atoms with Gasteiger partial charge in [0.05, 0.1) is 13.2 Å². The molecule has 0 aliphatic carbocycles. The van der Waals surface area contributed by atoms with Crippen molar-refractivity contribution in [3.05, 3.63) is 24.3 Å². The van der Waals surface area contributed by atoms with E-state index >= 15 is 0 Å². The molecule has 0 saturated carbocycles. The van der Waals surface area contributed by atoms with Crippen LogP contribution in [0.15, 0.2) is 24.3 Å². The zero-order valence-corrected chi connectivity index (χ0v) is 13.9. The van der Waals surface area contributed by atoms with Crippen LogP contribution >= 0.6 is 0 Å². The Labute approximate surface area is 136 Å². The molecule has 1 atom stereocenters. The number of esters is 2. The fourth-order valence-electron chi connectivity index (χ4n) is 1.88. The van der Waals surface area contributed by atoms with Crippen molar-refractivity contribution in [3.8, 4) is 11.5 Å². The summed E-state index contributed by atoms with van der Waals surface area (Å²) < 4.78 is 21.0. The second-order valence-electron chi connectivity index (χ2n) is 4.69. The van der Waals surface area contributed by atoms with E-state index in [-0.39, 0.29) is 6.61 Å². The van der Waals surface area contributed by atoms with E-state index in [1.807, 2.05) is 6.92 Å². The molecule has 128 valence electrons. The van der Waals surface area contributed by atoms with E-state index in [1.165, 1.54) is 0 Å². The average Bonchev–Trinajstić information content (AvgIpc) is 2.54. The molecule has 23 heavy (non-hydrogen) atoms. The van der Waals surface area contributed by atoms with Crippen molar-refractivity contribution in [1.29, 1.82) is 0 Å². The van der Waals surface area contributed by atoms with Crippen molar-refractivity contribution in [1.82, 2.24) is 0 Å². The number of benzene rings is 1. The van der Waals surface area contributed by atoms with Crippen LogP contribution in [-0.2, 0) is 19.1 Å². The molecule has 0 aliphatic rings. The monoisotopic (exact) mass is 324 g/mol. The lowest BCUT2D eigenvalue weighted by atomic mass is 10.2. The Morgan fingerprint density at radius 1 is 1.00 bits per heavy atom. The summed E-state index contributed by atoms with van der Waals surface area (Å²) >= 11 is 0. The Bertz CT molecular complexity index is 500. The van der Waals surface area contributed by atoms with Gasteiger partial charge in [-0.15, -0.1) is 0 Å². The van der Waals surface area contributed by atoms with Crippen molar-refractivity contribution in [2.75, 3.05) is 19.8 Å². The number of para-hydroxylation sites is 2.